The maximum atomic E-state index is 2.37. The molecule has 0 saturated carbocycles. The zero-order valence-corrected chi connectivity index (χ0v) is 8.51. The van der Waals surface area contributed by atoms with Gasteiger partial charge in [0, 0.05) is 0 Å². The van der Waals surface area contributed by atoms with Gasteiger partial charge in [-0.25, -0.2) is 0 Å². The van der Waals surface area contributed by atoms with Crippen LogP contribution in [0.25, 0.3) is 0 Å². The second-order valence-corrected chi connectivity index (χ2v) is 4.03. The largest absolute Gasteiger partial charge is 0.0808 e. The minimum absolute atomic E-state index is 0.801. The van der Waals surface area contributed by atoms with E-state index < -0.39 is 0 Å². The molecule has 0 bridgehead atoms. The number of allylic oxidation sites excluding steroid dienone is 4. The number of rotatable bonds is 3. The first-order chi connectivity index (χ1) is 5.74. The third-order valence-corrected chi connectivity index (χ3v) is 2.77. The van der Waals surface area contributed by atoms with E-state index in [-0.39, 0.29) is 0 Å². The molecule has 0 aromatic carbocycles. The first kappa shape index (κ1) is 9.57. The summed E-state index contributed by atoms with van der Waals surface area (Å²) in [6.07, 6.45) is 10.8. The molecule has 0 aliphatic heterocycles. The van der Waals surface area contributed by atoms with E-state index in [9.17, 15) is 0 Å². The lowest BCUT2D eigenvalue weighted by molar-refractivity contribution is 0.392. The van der Waals surface area contributed by atoms with Gasteiger partial charge < -0.3 is 0 Å². The fourth-order valence-electron chi connectivity index (χ4n) is 1.93. The van der Waals surface area contributed by atoms with E-state index in [2.05, 4.69) is 39.0 Å². The molecule has 0 fully saturated rings. The Kier molecular flexibility index (Phi) is 3.58. The van der Waals surface area contributed by atoms with Crippen LogP contribution in [0.3, 0.4) is 0 Å². The topological polar surface area (TPSA) is 0 Å². The molecule has 0 aromatic rings. The lowest BCUT2D eigenvalue weighted by atomic mass is 9.83. The molecule has 0 heterocycles. The van der Waals surface area contributed by atoms with Gasteiger partial charge in [0.25, 0.3) is 0 Å². The Hall–Kier alpha value is -0.520. The van der Waals surface area contributed by atoms with Crippen LogP contribution in [0, 0.1) is 11.8 Å². The second-order valence-electron chi connectivity index (χ2n) is 4.03. The first-order valence-electron chi connectivity index (χ1n) is 5.08. The summed E-state index contributed by atoms with van der Waals surface area (Å²) in [5.41, 5.74) is 1.53. The normalized spacial score (nSPS) is 25.2. The van der Waals surface area contributed by atoms with E-state index in [1.807, 2.05) is 0 Å². The maximum Gasteiger partial charge on any atom is -0.0167 e. The lowest BCUT2D eigenvalue weighted by Crippen LogP contribution is -2.11. The van der Waals surface area contributed by atoms with E-state index in [4.69, 9.17) is 0 Å². The van der Waals surface area contributed by atoms with E-state index in [0.717, 1.165) is 11.8 Å². The van der Waals surface area contributed by atoms with Gasteiger partial charge in [-0.1, -0.05) is 50.5 Å². The molecule has 0 N–H and O–H groups in total. The van der Waals surface area contributed by atoms with Gasteiger partial charge in [-0.15, -0.1) is 0 Å². The zero-order valence-electron chi connectivity index (χ0n) is 8.51. The molecule has 0 nitrogen and oxygen atoms in total. The van der Waals surface area contributed by atoms with E-state index >= 15 is 0 Å². The van der Waals surface area contributed by atoms with E-state index in [1.54, 1.807) is 0 Å². The summed E-state index contributed by atoms with van der Waals surface area (Å²) < 4.78 is 0. The van der Waals surface area contributed by atoms with Gasteiger partial charge in [-0.3, -0.25) is 0 Å². The van der Waals surface area contributed by atoms with Crippen molar-refractivity contribution in [1.29, 1.82) is 0 Å². The van der Waals surface area contributed by atoms with Crippen LogP contribution >= 0.6 is 0 Å². The Morgan fingerprint density at radius 2 is 2.33 bits per heavy atom. The summed E-state index contributed by atoms with van der Waals surface area (Å²) in [6, 6.07) is 0. The Morgan fingerprint density at radius 3 is 2.92 bits per heavy atom. The zero-order chi connectivity index (χ0) is 8.97. The van der Waals surface area contributed by atoms with Gasteiger partial charge in [-0.2, -0.15) is 0 Å². The summed E-state index contributed by atoms with van der Waals surface area (Å²) in [5.74, 6) is 1.66. The number of hydrogen-bond donors (Lipinski definition) is 0. The van der Waals surface area contributed by atoms with Crippen molar-refractivity contribution in [2.75, 3.05) is 0 Å². The van der Waals surface area contributed by atoms with Crippen molar-refractivity contribution in [2.24, 2.45) is 11.8 Å². The van der Waals surface area contributed by atoms with Gasteiger partial charge in [0.15, 0.2) is 0 Å². The SMILES string of the molecule is CCC[C@H](C)C1C=CC=C(C)C1. The number of hydrogen-bond acceptors (Lipinski definition) is 0. The van der Waals surface area contributed by atoms with Crippen LogP contribution < -0.4 is 0 Å². The Bertz CT molecular complexity index is 186. The maximum absolute atomic E-state index is 2.37. The van der Waals surface area contributed by atoms with Crippen LogP contribution in [0.1, 0.15) is 40.0 Å². The molecular weight excluding hydrogens is 144 g/mol. The van der Waals surface area contributed by atoms with Crippen molar-refractivity contribution in [2.45, 2.75) is 40.0 Å². The molecule has 0 saturated heterocycles. The van der Waals surface area contributed by atoms with Gasteiger partial charge >= 0.3 is 0 Å². The van der Waals surface area contributed by atoms with Crippen LogP contribution in [-0.2, 0) is 0 Å². The summed E-state index contributed by atoms with van der Waals surface area (Å²) in [7, 11) is 0. The Labute approximate surface area is 76.4 Å². The quantitative estimate of drug-likeness (QED) is 0.592. The highest BCUT2D eigenvalue weighted by Crippen LogP contribution is 2.27. The van der Waals surface area contributed by atoms with Crippen molar-refractivity contribution < 1.29 is 0 Å². The highest BCUT2D eigenvalue weighted by Gasteiger charge is 2.15. The minimum Gasteiger partial charge on any atom is -0.0808 e. The Balaban J connectivity index is 2.44. The average molecular weight is 164 g/mol. The highest BCUT2D eigenvalue weighted by molar-refractivity contribution is 5.18. The molecule has 1 aliphatic rings. The molecule has 1 aliphatic carbocycles. The van der Waals surface area contributed by atoms with Crippen LogP contribution in [-0.4, -0.2) is 0 Å². The molecule has 12 heavy (non-hydrogen) atoms. The summed E-state index contributed by atoms with van der Waals surface area (Å²) in [6.45, 7) is 6.87. The average Bonchev–Trinajstić information content (AvgIpc) is 2.05. The highest BCUT2D eigenvalue weighted by atomic mass is 14.2. The third kappa shape index (κ3) is 2.51. The molecule has 68 valence electrons. The van der Waals surface area contributed by atoms with Crippen molar-refractivity contribution in [3.63, 3.8) is 0 Å². The predicted molar refractivity (Wildman–Crippen MR) is 55.1 cm³/mol. The molecule has 0 amide bonds. The molecular formula is C12H20. The molecule has 0 radical (unpaired) electrons. The van der Waals surface area contributed by atoms with Gasteiger partial charge in [0.2, 0.25) is 0 Å². The van der Waals surface area contributed by atoms with Gasteiger partial charge in [0.1, 0.15) is 0 Å². The predicted octanol–water partition coefficient (Wildman–Crippen LogP) is 3.95. The van der Waals surface area contributed by atoms with Crippen molar-refractivity contribution in [3.05, 3.63) is 23.8 Å². The van der Waals surface area contributed by atoms with E-state index in [0.29, 0.717) is 0 Å². The molecule has 0 aromatic heterocycles. The van der Waals surface area contributed by atoms with Crippen LogP contribution in [0.2, 0.25) is 0 Å². The Morgan fingerprint density at radius 1 is 1.58 bits per heavy atom. The van der Waals surface area contributed by atoms with Gasteiger partial charge in [0.05, 0.1) is 0 Å². The van der Waals surface area contributed by atoms with Crippen molar-refractivity contribution in [3.8, 4) is 0 Å². The fourth-order valence-corrected chi connectivity index (χ4v) is 1.93. The minimum atomic E-state index is 0.801. The molecule has 1 unspecified atom stereocenters. The first-order valence-corrected chi connectivity index (χ1v) is 5.08. The molecule has 1 rings (SSSR count). The van der Waals surface area contributed by atoms with Crippen molar-refractivity contribution >= 4 is 0 Å². The lowest BCUT2D eigenvalue weighted by Gasteiger charge is -2.22. The monoisotopic (exact) mass is 164 g/mol. The fraction of sp³-hybridized carbons (Fsp3) is 0.667. The molecule has 0 heteroatoms. The summed E-state index contributed by atoms with van der Waals surface area (Å²) >= 11 is 0. The molecule has 2 atom stereocenters. The standard InChI is InChI=1S/C12H20/c1-4-6-11(3)12-8-5-7-10(2)9-12/h5,7-8,11-12H,4,6,9H2,1-3H3/t11-,12?/m0/s1. The van der Waals surface area contributed by atoms with Gasteiger partial charge in [-0.05, 0) is 25.2 Å². The summed E-state index contributed by atoms with van der Waals surface area (Å²) in [4.78, 5) is 0. The van der Waals surface area contributed by atoms with Crippen LogP contribution in [0.5, 0.6) is 0 Å². The smallest absolute Gasteiger partial charge is 0.0167 e. The summed E-state index contributed by atoms with van der Waals surface area (Å²) in [5, 5.41) is 0. The molecule has 0 spiro atoms. The van der Waals surface area contributed by atoms with Crippen LogP contribution in [0.15, 0.2) is 23.8 Å². The second kappa shape index (κ2) is 4.49. The van der Waals surface area contributed by atoms with Crippen LogP contribution in [0.4, 0.5) is 0 Å². The van der Waals surface area contributed by atoms with E-state index in [1.165, 1.54) is 24.8 Å². The van der Waals surface area contributed by atoms with Crippen molar-refractivity contribution in [1.82, 2.24) is 0 Å². The third-order valence-electron chi connectivity index (χ3n) is 2.77.